The molecule has 6 nitrogen and oxygen atoms in total. The van der Waals surface area contributed by atoms with Crippen LogP contribution in [0.25, 0.3) is 0 Å². The maximum Gasteiger partial charge on any atom is 0.344 e. The van der Waals surface area contributed by atoms with Crippen molar-refractivity contribution in [2.24, 2.45) is 0 Å². The van der Waals surface area contributed by atoms with Crippen molar-refractivity contribution in [2.75, 3.05) is 6.61 Å². The third-order valence-electron chi connectivity index (χ3n) is 2.86. The maximum atomic E-state index is 11.8. The molecule has 1 heterocycles. The Morgan fingerprint density at radius 2 is 2.00 bits per heavy atom. The lowest BCUT2D eigenvalue weighted by atomic mass is 10.3. The van der Waals surface area contributed by atoms with E-state index >= 15 is 0 Å². The highest BCUT2D eigenvalue weighted by atomic mass is 79.9. The molecule has 0 saturated heterocycles. The summed E-state index contributed by atoms with van der Waals surface area (Å²) in [5.74, 6) is 0.141. The minimum absolute atomic E-state index is 0.239. The number of amides is 1. The molecule has 0 saturated carbocycles. The van der Waals surface area contributed by atoms with Crippen LogP contribution in [0.5, 0.6) is 5.75 Å². The molecule has 7 heteroatoms. The summed E-state index contributed by atoms with van der Waals surface area (Å²) >= 11 is 3.30. The Balaban J connectivity index is 1.71. The van der Waals surface area contributed by atoms with Crippen molar-refractivity contribution in [1.29, 1.82) is 0 Å². The molecule has 2 aromatic rings. The first-order valence-corrected chi connectivity index (χ1v) is 7.72. The number of rotatable bonds is 7. The molecule has 0 bridgehead atoms. The van der Waals surface area contributed by atoms with Crippen LogP contribution in [0.1, 0.15) is 12.7 Å². The predicted molar refractivity (Wildman–Crippen MR) is 85.7 cm³/mol. The van der Waals surface area contributed by atoms with E-state index in [9.17, 15) is 9.59 Å². The average Bonchev–Trinajstić information content (AvgIpc) is 3.05. The monoisotopic (exact) mass is 381 g/mol. The third kappa shape index (κ3) is 5.78. The molecule has 1 aromatic carbocycles. The Morgan fingerprint density at radius 1 is 1.26 bits per heavy atom. The molecule has 2 rings (SSSR count). The van der Waals surface area contributed by atoms with Crippen molar-refractivity contribution in [2.45, 2.75) is 19.6 Å². The van der Waals surface area contributed by atoms with Crippen LogP contribution in [-0.2, 0) is 20.9 Å². The highest BCUT2D eigenvalue weighted by Crippen LogP contribution is 2.16. The number of carbonyl (C=O) groups is 2. The summed E-state index contributed by atoms with van der Waals surface area (Å²) in [6.45, 7) is 1.47. The molecule has 1 amide bonds. The summed E-state index contributed by atoms with van der Waals surface area (Å²) in [6, 6.07) is 10.5. The van der Waals surface area contributed by atoms with Gasteiger partial charge in [-0.1, -0.05) is 15.9 Å². The molecular formula is C16H16BrNO5. The summed E-state index contributed by atoms with van der Waals surface area (Å²) in [7, 11) is 0. The predicted octanol–water partition coefficient (Wildman–Crippen LogP) is 2.67. The van der Waals surface area contributed by atoms with E-state index < -0.39 is 18.0 Å². The van der Waals surface area contributed by atoms with E-state index in [0.29, 0.717) is 11.5 Å². The fraction of sp³-hybridized carbons (Fsp3) is 0.250. The van der Waals surface area contributed by atoms with Gasteiger partial charge < -0.3 is 19.2 Å². The van der Waals surface area contributed by atoms with Gasteiger partial charge in [0.15, 0.2) is 12.7 Å². The van der Waals surface area contributed by atoms with Crippen molar-refractivity contribution in [3.05, 3.63) is 52.9 Å². The van der Waals surface area contributed by atoms with Crippen LogP contribution >= 0.6 is 15.9 Å². The molecule has 0 radical (unpaired) electrons. The molecule has 0 unspecified atom stereocenters. The molecule has 1 N–H and O–H groups in total. The second-order valence-electron chi connectivity index (χ2n) is 4.67. The van der Waals surface area contributed by atoms with Crippen LogP contribution in [0.15, 0.2) is 51.6 Å². The number of halogens is 1. The fourth-order valence-corrected chi connectivity index (χ4v) is 1.95. The average molecular weight is 382 g/mol. The van der Waals surface area contributed by atoms with Gasteiger partial charge in [0.2, 0.25) is 0 Å². The zero-order valence-electron chi connectivity index (χ0n) is 12.5. The van der Waals surface area contributed by atoms with E-state index in [1.54, 1.807) is 36.4 Å². The number of ether oxygens (including phenoxy) is 2. The Hall–Kier alpha value is -2.28. The smallest absolute Gasteiger partial charge is 0.344 e. The van der Waals surface area contributed by atoms with Crippen molar-refractivity contribution >= 4 is 27.8 Å². The van der Waals surface area contributed by atoms with Gasteiger partial charge in [-0.15, -0.1) is 0 Å². The zero-order chi connectivity index (χ0) is 16.7. The van der Waals surface area contributed by atoms with Crippen LogP contribution in [0.4, 0.5) is 0 Å². The van der Waals surface area contributed by atoms with E-state index in [1.165, 1.54) is 13.2 Å². The van der Waals surface area contributed by atoms with E-state index in [1.807, 2.05) is 0 Å². The Labute approximate surface area is 141 Å². The van der Waals surface area contributed by atoms with Gasteiger partial charge in [-0.2, -0.15) is 0 Å². The Bertz CT molecular complexity index is 639. The van der Waals surface area contributed by atoms with Crippen LogP contribution in [0, 0.1) is 0 Å². The number of esters is 1. The van der Waals surface area contributed by atoms with Gasteiger partial charge in [0, 0.05) is 4.47 Å². The van der Waals surface area contributed by atoms with E-state index in [0.717, 1.165) is 4.47 Å². The Kier molecular flexibility index (Phi) is 6.22. The molecular weight excluding hydrogens is 366 g/mol. The summed E-state index contributed by atoms with van der Waals surface area (Å²) in [5, 5.41) is 2.61. The minimum Gasteiger partial charge on any atom is -0.482 e. The number of nitrogens with one attached hydrogen (secondary N) is 1. The molecule has 0 fully saturated rings. The normalized spacial score (nSPS) is 11.6. The van der Waals surface area contributed by atoms with Crippen LogP contribution in [-0.4, -0.2) is 24.6 Å². The number of hydrogen-bond donors (Lipinski definition) is 1. The van der Waals surface area contributed by atoms with Crippen molar-refractivity contribution in [3.63, 3.8) is 0 Å². The first kappa shape index (κ1) is 17.1. The molecule has 0 aliphatic rings. The van der Waals surface area contributed by atoms with Crippen molar-refractivity contribution in [1.82, 2.24) is 5.32 Å². The van der Waals surface area contributed by atoms with Gasteiger partial charge in [0.05, 0.1) is 12.8 Å². The molecule has 122 valence electrons. The topological polar surface area (TPSA) is 77.8 Å². The molecule has 23 heavy (non-hydrogen) atoms. The van der Waals surface area contributed by atoms with E-state index in [4.69, 9.17) is 13.9 Å². The first-order valence-electron chi connectivity index (χ1n) is 6.92. The maximum absolute atomic E-state index is 11.8. The van der Waals surface area contributed by atoms with Gasteiger partial charge >= 0.3 is 5.97 Å². The summed E-state index contributed by atoms with van der Waals surface area (Å²) in [5.41, 5.74) is 0. The second-order valence-corrected chi connectivity index (χ2v) is 5.59. The standard InChI is InChI=1S/C16H16BrNO5/c1-11(16(20)18-9-14-3-2-8-21-14)23-15(19)10-22-13-6-4-12(17)5-7-13/h2-8,11H,9-10H2,1H3,(H,18,20)/t11-/m1/s1. The Morgan fingerprint density at radius 3 is 2.65 bits per heavy atom. The van der Waals surface area contributed by atoms with Crippen LogP contribution in [0.2, 0.25) is 0 Å². The molecule has 0 aliphatic carbocycles. The first-order chi connectivity index (χ1) is 11.0. The summed E-state index contributed by atoms with van der Waals surface area (Å²) in [4.78, 5) is 23.5. The lowest BCUT2D eigenvalue weighted by Crippen LogP contribution is -2.36. The van der Waals surface area contributed by atoms with E-state index in [-0.39, 0.29) is 13.2 Å². The van der Waals surface area contributed by atoms with Gasteiger partial charge in [-0.3, -0.25) is 4.79 Å². The molecule has 0 aliphatic heterocycles. The number of furan rings is 1. The van der Waals surface area contributed by atoms with Crippen LogP contribution < -0.4 is 10.1 Å². The highest BCUT2D eigenvalue weighted by molar-refractivity contribution is 9.10. The van der Waals surface area contributed by atoms with E-state index in [2.05, 4.69) is 21.2 Å². The second kappa shape index (κ2) is 8.38. The van der Waals surface area contributed by atoms with Crippen molar-refractivity contribution in [3.8, 4) is 5.75 Å². The van der Waals surface area contributed by atoms with Gasteiger partial charge in [-0.25, -0.2) is 4.79 Å². The SMILES string of the molecule is C[C@@H](OC(=O)COc1ccc(Br)cc1)C(=O)NCc1ccco1. The summed E-state index contributed by atoms with van der Waals surface area (Å²) in [6.07, 6.45) is 0.607. The quantitative estimate of drug-likeness (QED) is 0.745. The van der Waals surface area contributed by atoms with Crippen LogP contribution in [0.3, 0.4) is 0 Å². The molecule has 1 atom stereocenters. The lowest BCUT2D eigenvalue weighted by molar-refractivity contribution is -0.156. The fourth-order valence-electron chi connectivity index (χ4n) is 1.69. The third-order valence-corrected chi connectivity index (χ3v) is 3.39. The zero-order valence-corrected chi connectivity index (χ0v) is 14.0. The molecule has 0 spiro atoms. The number of benzene rings is 1. The van der Waals surface area contributed by atoms with Gasteiger partial charge in [0.25, 0.3) is 5.91 Å². The molecule has 1 aromatic heterocycles. The lowest BCUT2D eigenvalue weighted by Gasteiger charge is -2.13. The largest absolute Gasteiger partial charge is 0.482 e. The van der Waals surface area contributed by atoms with Crippen molar-refractivity contribution < 1.29 is 23.5 Å². The summed E-state index contributed by atoms with van der Waals surface area (Å²) < 4.78 is 16.3. The van der Waals surface area contributed by atoms with Gasteiger partial charge in [0.1, 0.15) is 11.5 Å². The highest BCUT2D eigenvalue weighted by Gasteiger charge is 2.18. The van der Waals surface area contributed by atoms with Gasteiger partial charge in [-0.05, 0) is 43.3 Å². The minimum atomic E-state index is -0.911. The number of hydrogen-bond acceptors (Lipinski definition) is 5. The number of carbonyl (C=O) groups excluding carboxylic acids is 2.